The predicted molar refractivity (Wildman–Crippen MR) is 51.4 cm³/mol. The Labute approximate surface area is 82.3 Å². The maximum Gasteiger partial charge on any atom is 0.341 e. The van der Waals surface area contributed by atoms with Gasteiger partial charge in [0.1, 0.15) is 11.3 Å². The Hall–Kier alpha value is -1.51. The number of carbonyl (C=O) groups excluding carboxylic acids is 1. The van der Waals surface area contributed by atoms with E-state index in [0.29, 0.717) is 5.92 Å². The molecule has 14 heavy (non-hydrogen) atoms. The molecule has 0 heterocycles. The second-order valence-electron chi connectivity index (χ2n) is 3.51. The fraction of sp³-hybridized carbons (Fsp3) is 0.364. The molecule has 0 aromatic heterocycles. The summed E-state index contributed by atoms with van der Waals surface area (Å²) in [5.74, 6) is 0.0338. The molecule has 3 heteroatoms. The molecule has 1 N–H and O–H groups in total. The Morgan fingerprint density at radius 3 is 2.79 bits per heavy atom. The normalized spacial score (nSPS) is 15.2. The molecular weight excluding hydrogens is 180 g/mol. The third kappa shape index (κ3) is 1.45. The molecule has 0 unspecified atom stereocenters. The van der Waals surface area contributed by atoms with E-state index in [4.69, 9.17) is 0 Å². The molecular formula is C11H12O3. The molecule has 2 rings (SSSR count). The molecule has 0 atom stereocenters. The summed E-state index contributed by atoms with van der Waals surface area (Å²) in [6.45, 7) is 0. The van der Waals surface area contributed by atoms with Crippen molar-refractivity contribution in [3.05, 3.63) is 29.3 Å². The molecule has 1 aliphatic carbocycles. The van der Waals surface area contributed by atoms with Crippen LogP contribution in [0, 0.1) is 0 Å². The Bertz CT molecular complexity index is 367. The highest BCUT2D eigenvalue weighted by Gasteiger charge is 2.28. The van der Waals surface area contributed by atoms with Gasteiger partial charge in [-0.05, 0) is 30.4 Å². The number of para-hydroxylation sites is 1. The van der Waals surface area contributed by atoms with Gasteiger partial charge in [0.25, 0.3) is 0 Å². The summed E-state index contributed by atoms with van der Waals surface area (Å²) in [6.07, 6.45) is 2.19. The zero-order valence-electron chi connectivity index (χ0n) is 7.99. The van der Waals surface area contributed by atoms with Crippen LogP contribution in [-0.2, 0) is 4.74 Å². The molecule has 74 valence electrons. The number of phenolic OH excluding ortho intramolecular Hbond substituents is 1. The van der Waals surface area contributed by atoms with Crippen molar-refractivity contribution < 1.29 is 14.6 Å². The molecule has 1 aliphatic rings. The minimum Gasteiger partial charge on any atom is -0.507 e. The van der Waals surface area contributed by atoms with Crippen LogP contribution in [0.4, 0.5) is 0 Å². The molecule has 1 saturated carbocycles. The molecule has 0 saturated heterocycles. The van der Waals surface area contributed by atoms with Crippen LogP contribution in [-0.4, -0.2) is 18.2 Å². The van der Waals surface area contributed by atoms with Crippen LogP contribution in [0.1, 0.15) is 34.7 Å². The number of aromatic hydroxyl groups is 1. The lowest BCUT2D eigenvalue weighted by Crippen LogP contribution is -2.02. The first-order valence-electron chi connectivity index (χ1n) is 4.64. The van der Waals surface area contributed by atoms with Crippen LogP contribution in [0.25, 0.3) is 0 Å². The zero-order chi connectivity index (χ0) is 10.1. The lowest BCUT2D eigenvalue weighted by molar-refractivity contribution is 0.0597. The molecule has 3 nitrogen and oxygen atoms in total. The van der Waals surface area contributed by atoms with Crippen LogP contribution in [0.3, 0.4) is 0 Å². The van der Waals surface area contributed by atoms with E-state index in [2.05, 4.69) is 4.74 Å². The van der Waals surface area contributed by atoms with E-state index in [1.165, 1.54) is 7.11 Å². The number of hydrogen-bond donors (Lipinski definition) is 1. The molecule has 1 aromatic rings. The van der Waals surface area contributed by atoms with Crippen molar-refractivity contribution in [1.29, 1.82) is 0 Å². The number of hydrogen-bond acceptors (Lipinski definition) is 3. The van der Waals surface area contributed by atoms with Crippen LogP contribution >= 0.6 is 0 Å². The minimum atomic E-state index is -0.481. The number of methoxy groups -OCH3 is 1. The van der Waals surface area contributed by atoms with Gasteiger partial charge >= 0.3 is 5.97 Å². The molecule has 0 radical (unpaired) electrons. The third-order valence-corrected chi connectivity index (χ3v) is 2.49. The highest BCUT2D eigenvalue weighted by atomic mass is 16.5. The van der Waals surface area contributed by atoms with Crippen molar-refractivity contribution in [2.45, 2.75) is 18.8 Å². The van der Waals surface area contributed by atoms with E-state index in [1.54, 1.807) is 12.1 Å². The van der Waals surface area contributed by atoms with Gasteiger partial charge in [0.05, 0.1) is 7.11 Å². The molecule has 0 spiro atoms. The van der Waals surface area contributed by atoms with E-state index in [9.17, 15) is 9.90 Å². The second kappa shape index (κ2) is 3.33. The van der Waals surface area contributed by atoms with Gasteiger partial charge in [0.2, 0.25) is 0 Å². The second-order valence-corrected chi connectivity index (χ2v) is 3.51. The van der Waals surface area contributed by atoms with E-state index in [-0.39, 0.29) is 11.3 Å². The highest BCUT2D eigenvalue weighted by molar-refractivity contribution is 5.92. The zero-order valence-corrected chi connectivity index (χ0v) is 7.99. The number of benzene rings is 1. The van der Waals surface area contributed by atoms with Crippen molar-refractivity contribution >= 4 is 5.97 Å². The van der Waals surface area contributed by atoms with Crippen molar-refractivity contribution in [1.82, 2.24) is 0 Å². The summed E-state index contributed by atoms with van der Waals surface area (Å²) in [6, 6.07) is 5.21. The smallest absolute Gasteiger partial charge is 0.341 e. The predicted octanol–water partition coefficient (Wildman–Crippen LogP) is 2.06. The SMILES string of the molecule is COC(=O)c1cccc(C2CC2)c1O. The highest BCUT2D eigenvalue weighted by Crippen LogP contribution is 2.44. The van der Waals surface area contributed by atoms with E-state index >= 15 is 0 Å². The minimum absolute atomic E-state index is 0.0850. The maximum atomic E-state index is 11.2. The third-order valence-electron chi connectivity index (χ3n) is 2.49. The van der Waals surface area contributed by atoms with Gasteiger partial charge in [0.15, 0.2) is 0 Å². The van der Waals surface area contributed by atoms with Crippen LogP contribution in [0.2, 0.25) is 0 Å². The molecule has 1 aromatic carbocycles. The van der Waals surface area contributed by atoms with Gasteiger partial charge in [0, 0.05) is 0 Å². The van der Waals surface area contributed by atoms with Crippen molar-refractivity contribution in [2.75, 3.05) is 7.11 Å². The average Bonchev–Trinajstić information content (AvgIpc) is 3.01. The monoisotopic (exact) mass is 192 g/mol. The lowest BCUT2D eigenvalue weighted by Gasteiger charge is -2.06. The Morgan fingerprint density at radius 2 is 2.21 bits per heavy atom. The van der Waals surface area contributed by atoms with Gasteiger partial charge < -0.3 is 9.84 Å². The van der Waals surface area contributed by atoms with Crippen LogP contribution < -0.4 is 0 Å². The van der Waals surface area contributed by atoms with Gasteiger partial charge in [-0.25, -0.2) is 4.79 Å². The lowest BCUT2D eigenvalue weighted by atomic mass is 10.1. The summed E-state index contributed by atoms with van der Waals surface area (Å²) in [5, 5.41) is 9.80. The average molecular weight is 192 g/mol. The van der Waals surface area contributed by atoms with Gasteiger partial charge in [-0.3, -0.25) is 0 Å². The summed E-state index contributed by atoms with van der Waals surface area (Å²) in [4.78, 5) is 11.2. The largest absolute Gasteiger partial charge is 0.507 e. The van der Waals surface area contributed by atoms with Gasteiger partial charge in [-0.15, -0.1) is 0 Å². The quantitative estimate of drug-likeness (QED) is 0.729. The summed E-state index contributed by atoms with van der Waals surface area (Å²) in [5.41, 5.74) is 1.13. The van der Waals surface area contributed by atoms with Gasteiger partial charge in [-0.2, -0.15) is 0 Å². The number of phenols is 1. The molecule has 1 fully saturated rings. The Kier molecular flexibility index (Phi) is 2.15. The van der Waals surface area contributed by atoms with Crippen LogP contribution in [0.15, 0.2) is 18.2 Å². The van der Waals surface area contributed by atoms with Crippen molar-refractivity contribution in [3.8, 4) is 5.75 Å². The first-order chi connectivity index (χ1) is 6.74. The van der Waals surface area contributed by atoms with E-state index < -0.39 is 5.97 Å². The fourth-order valence-corrected chi connectivity index (χ4v) is 1.56. The number of carbonyl (C=O) groups is 1. The number of rotatable bonds is 2. The first kappa shape index (κ1) is 9.06. The van der Waals surface area contributed by atoms with E-state index in [1.807, 2.05) is 6.07 Å². The van der Waals surface area contributed by atoms with E-state index in [0.717, 1.165) is 18.4 Å². The summed E-state index contributed by atoms with van der Waals surface area (Å²) >= 11 is 0. The first-order valence-corrected chi connectivity index (χ1v) is 4.64. The van der Waals surface area contributed by atoms with Crippen molar-refractivity contribution in [2.24, 2.45) is 0 Å². The number of ether oxygens (including phenoxy) is 1. The summed E-state index contributed by atoms with van der Waals surface area (Å²) < 4.78 is 4.57. The maximum absolute atomic E-state index is 11.2. The topological polar surface area (TPSA) is 46.5 Å². The van der Waals surface area contributed by atoms with Crippen LogP contribution in [0.5, 0.6) is 5.75 Å². The number of esters is 1. The molecule has 0 aliphatic heterocycles. The standard InChI is InChI=1S/C11H12O3/c1-14-11(13)9-4-2-3-8(10(9)12)7-5-6-7/h2-4,7,12H,5-6H2,1H3. The molecule has 0 amide bonds. The molecule has 0 bridgehead atoms. The van der Waals surface area contributed by atoms with Crippen molar-refractivity contribution in [3.63, 3.8) is 0 Å². The van der Waals surface area contributed by atoms with Gasteiger partial charge in [-0.1, -0.05) is 12.1 Å². The summed E-state index contributed by atoms with van der Waals surface area (Å²) in [7, 11) is 1.31. The fourth-order valence-electron chi connectivity index (χ4n) is 1.56. The Morgan fingerprint density at radius 1 is 1.50 bits per heavy atom. The Balaban J connectivity index is 2.40.